The zero-order valence-electron chi connectivity index (χ0n) is 26.8. The number of fused-ring (bicyclic) bond motifs is 3. The lowest BCUT2D eigenvalue weighted by atomic mass is 9.71. The molecule has 2 aliphatic heterocycles. The first-order chi connectivity index (χ1) is 23.2. The summed E-state index contributed by atoms with van der Waals surface area (Å²) in [5.41, 5.74) is 2.75. The standard InChI is InChI=1S/C38H39F2N3O5/c1-23-21-25(35(44)45)7-14-30(23)41-36(46)38(26-8-10-27(39)11-9-26)16-18-42(19-17-38)37(47)43-31-15-20-48-34(24-5-3-2-4-6-24)33(31)29-13-12-28(40)22-32(29)43/h2-6,8-13,22-23,25,30,34H,7,14-21H2,1H3,(H,41,46)(H,44,45)/t23-,25-,30-,34-/m0/s1. The van der Waals surface area contributed by atoms with E-state index in [0.29, 0.717) is 56.2 Å². The molecule has 1 aliphatic carbocycles. The molecule has 1 saturated carbocycles. The van der Waals surface area contributed by atoms with Gasteiger partial charge in [0.05, 0.1) is 23.5 Å². The Balaban J connectivity index is 1.18. The van der Waals surface area contributed by atoms with E-state index in [-0.39, 0.29) is 37.0 Å². The molecule has 2 N–H and O–H groups in total. The molecular weight excluding hydrogens is 616 g/mol. The highest BCUT2D eigenvalue weighted by molar-refractivity contribution is 5.96. The molecule has 3 aliphatic rings. The molecular formula is C38H39F2N3O5. The van der Waals surface area contributed by atoms with Crippen LogP contribution in [0.2, 0.25) is 0 Å². The van der Waals surface area contributed by atoms with Gasteiger partial charge in [0.15, 0.2) is 0 Å². The summed E-state index contributed by atoms with van der Waals surface area (Å²) in [6.45, 7) is 2.88. The van der Waals surface area contributed by atoms with E-state index in [9.17, 15) is 28.3 Å². The van der Waals surface area contributed by atoms with Gasteiger partial charge in [0.1, 0.15) is 17.7 Å². The Morgan fingerprint density at radius 3 is 2.33 bits per heavy atom. The number of nitrogens with one attached hydrogen (secondary N) is 1. The molecule has 0 radical (unpaired) electrons. The first-order valence-electron chi connectivity index (χ1n) is 16.7. The van der Waals surface area contributed by atoms with Gasteiger partial charge in [-0.05, 0) is 79.5 Å². The van der Waals surface area contributed by atoms with Crippen LogP contribution < -0.4 is 5.32 Å². The van der Waals surface area contributed by atoms with Gasteiger partial charge < -0.3 is 20.1 Å². The maximum atomic E-state index is 14.7. The number of piperidine rings is 1. The second-order valence-corrected chi connectivity index (χ2v) is 13.5. The summed E-state index contributed by atoms with van der Waals surface area (Å²) in [7, 11) is 0. The van der Waals surface area contributed by atoms with Gasteiger partial charge in [-0.25, -0.2) is 13.6 Å². The van der Waals surface area contributed by atoms with Gasteiger partial charge >= 0.3 is 12.0 Å². The van der Waals surface area contributed by atoms with E-state index in [1.54, 1.807) is 27.7 Å². The van der Waals surface area contributed by atoms with Crippen LogP contribution in [0.4, 0.5) is 13.6 Å². The molecule has 48 heavy (non-hydrogen) atoms. The van der Waals surface area contributed by atoms with Crippen LogP contribution in [0.15, 0.2) is 72.8 Å². The monoisotopic (exact) mass is 655 g/mol. The minimum atomic E-state index is -1.01. The predicted octanol–water partition coefficient (Wildman–Crippen LogP) is 6.59. The van der Waals surface area contributed by atoms with E-state index in [1.807, 2.05) is 37.3 Å². The molecule has 1 saturated heterocycles. The summed E-state index contributed by atoms with van der Waals surface area (Å²) in [4.78, 5) is 42.0. The van der Waals surface area contributed by atoms with Gasteiger partial charge in [-0.2, -0.15) is 0 Å². The average Bonchev–Trinajstić information content (AvgIpc) is 3.43. The van der Waals surface area contributed by atoms with Gasteiger partial charge in [0.25, 0.3) is 0 Å². The van der Waals surface area contributed by atoms with Crippen molar-refractivity contribution in [1.82, 2.24) is 14.8 Å². The Bertz CT molecular complexity index is 1850. The van der Waals surface area contributed by atoms with E-state index in [1.165, 1.54) is 24.3 Å². The molecule has 0 spiro atoms. The number of rotatable bonds is 5. The molecule has 0 unspecified atom stereocenters. The van der Waals surface area contributed by atoms with Crippen molar-refractivity contribution < 1.29 is 33.0 Å². The Morgan fingerprint density at radius 1 is 0.938 bits per heavy atom. The van der Waals surface area contributed by atoms with Crippen molar-refractivity contribution in [2.45, 2.75) is 63.0 Å². The minimum absolute atomic E-state index is 0.0204. The number of aliphatic carboxylic acids is 1. The summed E-state index contributed by atoms with van der Waals surface area (Å²) in [5.74, 6) is -2.30. The first kappa shape index (κ1) is 32.0. The number of carbonyl (C=O) groups excluding carboxylic acids is 2. The molecule has 3 heterocycles. The summed E-state index contributed by atoms with van der Waals surface area (Å²) in [5, 5.41) is 13.5. The van der Waals surface area contributed by atoms with Crippen molar-refractivity contribution >= 4 is 28.8 Å². The van der Waals surface area contributed by atoms with E-state index in [0.717, 1.165) is 22.2 Å². The van der Waals surface area contributed by atoms with Crippen molar-refractivity contribution in [3.63, 3.8) is 0 Å². The number of halogens is 2. The highest BCUT2D eigenvalue weighted by atomic mass is 19.1. The molecule has 10 heteroatoms. The van der Waals surface area contributed by atoms with E-state index < -0.39 is 35.0 Å². The lowest BCUT2D eigenvalue weighted by molar-refractivity contribution is -0.143. The largest absolute Gasteiger partial charge is 0.481 e. The Kier molecular flexibility index (Phi) is 8.53. The van der Waals surface area contributed by atoms with Crippen molar-refractivity contribution in [1.29, 1.82) is 0 Å². The lowest BCUT2D eigenvalue weighted by Crippen LogP contribution is -2.56. The van der Waals surface area contributed by atoms with Crippen LogP contribution in [0.1, 0.15) is 67.5 Å². The zero-order chi connectivity index (χ0) is 33.6. The number of amides is 2. The van der Waals surface area contributed by atoms with Crippen molar-refractivity contribution in [2.75, 3.05) is 19.7 Å². The molecule has 3 aromatic carbocycles. The van der Waals surface area contributed by atoms with Crippen molar-refractivity contribution in [3.05, 3.63) is 107 Å². The Morgan fingerprint density at radius 2 is 1.65 bits per heavy atom. The summed E-state index contributed by atoms with van der Waals surface area (Å²) < 4.78 is 36.6. The Hall–Kier alpha value is -4.57. The average molecular weight is 656 g/mol. The number of carboxylic acids is 1. The number of nitrogens with zero attached hydrogens (tertiary/aromatic N) is 2. The predicted molar refractivity (Wildman–Crippen MR) is 176 cm³/mol. The number of ether oxygens (including phenoxy) is 1. The van der Waals surface area contributed by atoms with Crippen molar-refractivity contribution in [2.24, 2.45) is 11.8 Å². The number of benzene rings is 3. The van der Waals surface area contributed by atoms with E-state index >= 15 is 0 Å². The number of aromatic nitrogens is 1. The van der Waals surface area contributed by atoms with Crippen LogP contribution in [0.25, 0.3) is 10.9 Å². The normalized spacial score (nSPS) is 23.8. The number of carboxylic acid groups (broad SMARTS) is 1. The highest BCUT2D eigenvalue weighted by Crippen LogP contribution is 2.42. The minimum Gasteiger partial charge on any atom is -0.481 e. The summed E-state index contributed by atoms with van der Waals surface area (Å²) >= 11 is 0. The third-order valence-electron chi connectivity index (χ3n) is 10.8. The van der Waals surface area contributed by atoms with Crippen molar-refractivity contribution in [3.8, 4) is 0 Å². The topological polar surface area (TPSA) is 101 Å². The van der Waals surface area contributed by atoms with E-state index in [2.05, 4.69) is 5.32 Å². The molecule has 2 amide bonds. The molecule has 1 aromatic heterocycles. The molecule has 4 atom stereocenters. The maximum absolute atomic E-state index is 14.7. The van der Waals surface area contributed by atoms with Crippen LogP contribution in [-0.2, 0) is 26.2 Å². The first-order valence-corrected chi connectivity index (χ1v) is 16.7. The van der Waals surface area contributed by atoms with Gasteiger partial charge in [-0.1, -0.05) is 49.4 Å². The van der Waals surface area contributed by atoms with Crippen LogP contribution >= 0.6 is 0 Å². The lowest BCUT2D eigenvalue weighted by Gasteiger charge is -2.43. The molecule has 0 bridgehead atoms. The van der Waals surface area contributed by atoms with Gasteiger partial charge in [-0.3, -0.25) is 14.2 Å². The van der Waals surface area contributed by atoms with E-state index in [4.69, 9.17) is 4.74 Å². The van der Waals surface area contributed by atoms with Gasteiger partial charge in [-0.15, -0.1) is 0 Å². The molecule has 250 valence electrons. The second kappa shape index (κ2) is 12.8. The second-order valence-electron chi connectivity index (χ2n) is 13.5. The molecule has 8 nitrogen and oxygen atoms in total. The molecule has 4 aromatic rings. The summed E-state index contributed by atoms with van der Waals surface area (Å²) in [6.07, 6.45) is 2.23. The number of carbonyl (C=O) groups is 3. The fourth-order valence-electron chi connectivity index (χ4n) is 8.12. The fourth-order valence-corrected chi connectivity index (χ4v) is 8.12. The smallest absolute Gasteiger partial charge is 0.328 e. The summed E-state index contributed by atoms with van der Waals surface area (Å²) in [6, 6.07) is 19.8. The van der Waals surface area contributed by atoms with Crippen LogP contribution in [0.3, 0.4) is 0 Å². The number of likely N-dealkylation sites (tertiary alicyclic amines) is 1. The Labute approximate surface area is 277 Å². The van der Waals surface area contributed by atoms with Gasteiger partial charge in [0.2, 0.25) is 5.91 Å². The molecule has 2 fully saturated rings. The number of hydrogen-bond donors (Lipinski definition) is 2. The maximum Gasteiger partial charge on any atom is 0.328 e. The van der Waals surface area contributed by atoms with Crippen LogP contribution in [0.5, 0.6) is 0 Å². The van der Waals surface area contributed by atoms with Crippen LogP contribution in [0, 0.1) is 23.5 Å². The zero-order valence-corrected chi connectivity index (χ0v) is 26.8. The quantitative estimate of drug-likeness (QED) is 0.253. The fraction of sp³-hybridized carbons (Fsp3) is 0.395. The van der Waals surface area contributed by atoms with Crippen LogP contribution in [-0.4, -0.2) is 58.2 Å². The third-order valence-corrected chi connectivity index (χ3v) is 10.8. The van der Waals surface area contributed by atoms with Gasteiger partial charge in [0, 0.05) is 42.2 Å². The number of hydrogen-bond acceptors (Lipinski definition) is 4. The highest BCUT2D eigenvalue weighted by Gasteiger charge is 2.46. The molecule has 7 rings (SSSR count). The third kappa shape index (κ3) is 5.66. The SMILES string of the molecule is C[C@H]1C[C@@H](C(=O)O)CC[C@@H]1NC(=O)C1(c2ccc(F)cc2)CCN(C(=O)n2c3c(c4ccc(F)cc42)[C@H](c2ccccc2)OCC3)CC1.